The van der Waals surface area contributed by atoms with Crippen LogP contribution < -0.4 is 15.6 Å². The van der Waals surface area contributed by atoms with Gasteiger partial charge in [0.2, 0.25) is 11.6 Å². The predicted molar refractivity (Wildman–Crippen MR) is 72.2 cm³/mol. The van der Waals surface area contributed by atoms with Gasteiger partial charge in [0, 0.05) is 5.56 Å². The molecule has 1 aromatic rings. The summed E-state index contributed by atoms with van der Waals surface area (Å²) in [4.78, 5) is 5.03. The molecule has 0 spiro atoms. The number of nitriles is 3. The van der Waals surface area contributed by atoms with Gasteiger partial charge < -0.3 is 5.73 Å². The molecule has 0 bridgehead atoms. The Hall–Kier alpha value is -2.78. The number of aromatic amines is 1. The van der Waals surface area contributed by atoms with Crippen molar-refractivity contribution in [3.8, 4) is 18.2 Å². The van der Waals surface area contributed by atoms with Crippen LogP contribution in [0.3, 0.4) is 0 Å². The quantitative estimate of drug-likeness (QED) is 0.854. The van der Waals surface area contributed by atoms with E-state index in [0.717, 1.165) is 25.9 Å². The molecule has 3 N–H and O–H groups in total. The molecule has 1 saturated heterocycles. The number of hydrogen-bond acceptors (Lipinski definition) is 5. The van der Waals surface area contributed by atoms with Gasteiger partial charge in [-0.05, 0) is 19.3 Å². The number of nitrogen functional groups attached to an aromatic ring is 1. The molecular formula is C14H15N6+. The number of rotatable bonds is 2. The number of piperidine rings is 1. The fourth-order valence-corrected chi connectivity index (χ4v) is 2.54. The Labute approximate surface area is 117 Å². The molecule has 1 aliphatic rings. The lowest BCUT2D eigenvalue weighted by molar-refractivity contribution is -0.347. The molecule has 2 rings (SSSR count). The van der Waals surface area contributed by atoms with Crippen molar-refractivity contribution in [3.63, 3.8) is 0 Å². The second kappa shape index (κ2) is 5.91. The molecule has 0 amide bonds. The maximum atomic E-state index is 9.41. The van der Waals surface area contributed by atoms with E-state index in [-0.39, 0.29) is 17.8 Å². The minimum absolute atomic E-state index is 0.00546. The van der Waals surface area contributed by atoms with E-state index in [1.807, 2.05) is 12.1 Å². The van der Waals surface area contributed by atoms with Gasteiger partial charge >= 0.3 is 0 Å². The maximum Gasteiger partial charge on any atom is 0.240 e. The summed E-state index contributed by atoms with van der Waals surface area (Å²) in [5.74, 6) is 0.853. The van der Waals surface area contributed by atoms with E-state index in [2.05, 4.69) is 16.0 Å². The van der Waals surface area contributed by atoms with Gasteiger partial charge in [-0.15, -0.1) is 0 Å². The summed E-state index contributed by atoms with van der Waals surface area (Å²) in [7, 11) is 0. The molecule has 1 aromatic heterocycles. The molecule has 6 heteroatoms. The van der Waals surface area contributed by atoms with Crippen molar-refractivity contribution >= 4 is 11.6 Å². The first kappa shape index (κ1) is 13.6. The molecule has 0 atom stereocenters. The first-order chi connectivity index (χ1) is 9.72. The number of hydrogen-bond donors (Lipinski definition) is 1. The van der Waals surface area contributed by atoms with Crippen LogP contribution in [-0.2, 0) is 6.42 Å². The number of H-pyrrole nitrogens is 1. The first-order valence-corrected chi connectivity index (χ1v) is 6.52. The average molecular weight is 267 g/mol. The zero-order valence-corrected chi connectivity index (χ0v) is 11.1. The molecule has 0 radical (unpaired) electrons. The van der Waals surface area contributed by atoms with Crippen molar-refractivity contribution < 1.29 is 4.98 Å². The van der Waals surface area contributed by atoms with Crippen molar-refractivity contribution in [2.45, 2.75) is 25.7 Å². The van der Waals surface area contributed by atoms with E-state index >= 15 is 0 Å². The van der Waals surface area contributed by atoms with Crippen LogP contribution in [0.4, 0.5) is 11.6 Å². The van der Waals surface area contributed by atoms with Gasteiger partial charge in [-0.3, -0.25) is 4.90 Å². The van der Waals surface area contributed by atoms with Gasteiger partial charge in [0.15, 0.2) is 0 Å². The van der Waals surface area contributed by atoms with Crippen LogP contribution in [0.1, 0.15) is 36.0 Å². The highest BCUT2D eigenvalue weighted by atomic mass is 15.2. The molecule has 6 nitrogen and oxygen atoms in total. The van der Waals surface area contributed by atoms with E-state index in [1.54, 1.807) is 0 Å². The molecule has 100 valence electrons. The number of anilines is 2. The lowest BCUT2D eigenvalue weighted by Crippen LogP contribution is -2.36. The van der Waals surface area contributed by atoms with E-state index in [9.17, 15) is 5.26 Å². The third-order valence-electron chi connectivity index (χ3n) is 3.51. The second-order valence-corrected chi connectivity index (χ2v) is 4.72. The summed E-state index contributed by atoms with van der Waals surface area (Å²) >= 11 is 0. The Bertz CT molecular complexity index is 638. The van der Waals surface area contributed by atoms with Crippen molar-refractivity contribution in [1.29, 1.82) is 15.8 Å². The smallest absolute Gasteiger partial charge is 0.240 e. The van der Waals surface area contributed by atoms with Gasteiger partial charge in [-0.2, -0.15) is 15.8 Å². The van der Waals surface area contributed by atoms with E-state index in [1.165, 1.54) is 6.42 Å². The summed E-state index contributed by atoms with van der Waals surface area (Å²) < 4.78 is 0. The first-order valence-electron chi connectivity index (χ1n) is 6.52. The van der Waals surface area contributed by atoms with Crippen molar-refractivity contribution in [2.75, 3.05) is 23.7 Å². The number of nitrogens with zero attached hydrogens (tertiary/aromatic N) is 4. The van der Waals surface area contributed by atoms with Crippen LogP contribution in [0.2, 0.25) is 0 Å². The Morgan fingerprint density at radius 2 is 1.70 bits per heavy atom. The third-order valence-corrected chi connectivity index (χ3v) is 3.51. The molecule has 2 heterocycles. The van der Waals surface area contributed by atoms with Gasteiger partial charge in [-0.1, -0.05) is 0 Å². The van der Waals surface area contributed by atoms with E-state index in [0.29, 0.717) is 16.9 Å². The van der Waals surface area contributed by atoms with Gasteiger partial charge in [0.05, 0.1) is 25.6 Å². The number of nitrogens with two attached hydrogens (primary N) is 1. The van der Waals surface area contributed by atoms with Crippen LogP contribution in [0.25, 0.3) is 0 Å². The predicted octanol–water partition coefficient (Wildman–Crippen LogP) is 0.883. The summed E-state index contributed by atoms with van der Waals surface area (Å²) in [6, 6.07) is 6.09. The summed E-state index contributed by atoms with van der Waals surface area (Å²) in [5.41, 5.74) is 6.85. The molecule has 1 fully saturated rings. The molecule has 20 heavy (non-hydrogen) atoms. The summed E-state index contributed by atoms with van der Waals surface area (Å²) in [5, 5.41) is 27.5. The molecular weight excluding hydrogens is 252 g/mol. The molecule has 0 saturated carbocycles. The highest BCUT2D eigenvalue weighted by molar-refractivity contribution is 5.64. The Morgan fingerprint density at radius 1 is 1.05 bits per heavy atom. The van der Waals surface area contributed by atoms with E-state index in [4.69, 9.17) is 16.3 Å². The number of nitrogens with one attached hydrogen (secondary N) is 1. The minimum Gasteiger partial charge on any atom is -0.318 e. The highest BCUT2D eigenvalue weighted by Crippen LogP contribution is 2.26. The lowest BCUT2D eigenvalue weighted by atomic mass is 10.00. The van der Waals surface area contributed by atoms with Crippen molar-refractivity contribution in [2.24, 2.45) is 0 Å². The Kier molecular flexibility index (Phi) is 4.03. The van der Waals surface area contributed by atoms with Gasteiger partial charge in [0.1, 0.15) is 23.3 Å². The molecule has 0 aliphatic carbocycles. The Morgan fingerprint density at radius 3 is 2.25 bits per heavy atom. The van der Waals surface area contributed by atoms with Crippen LogP contribution in [-0.4, -0.2) is 13.1 Å². The maximum absolute atomic E-state index is 9.41. The highest BCUT2D eigenvalue weighted by Gasteiger charge is 2.26. The van der Waals surface area contributed by atoms with E-state index < -0.39 is 0 Å². The zero-order valence-electron chi connectivity index (χ0n) is 11.1. The van der Waals surface area contributed by atoms with Crippen molar-refractivity contribution in [1.82, 2.24) is 0 Å². The average Bonchev–Trinajstić information content (AvgIpc) is 2.48. The standard InChI is InChI=1S/C14H14N6/c15-5-4-10-11(8-16)13(18)19-14(12(10)9-17)20-6-2-1-3-7-20/h1-4,6-7H2,(H2,18,19)/p+1. The van der Waals surface area contributed by atoms with Gasteiger partial charge in [0.25, 0.3) is 0 Å². The molecule has 0 unspecified atom stereocenters. The third kappa shape index (κ3) is 2.35. The lowest BCUT2D eigenvalue weighted by Gasteiger charge is -2.24. The normalized spacial score (nSPS) is 14.2. The summed E-state index contributed by atoms with van der Waals surface area (Å²) in [6.07, 6.45) is 3.30. The van der Waals surface area contributed by atoms with Crippen LogP contribution in [0, 0.1) is 34.0 Å². The second-order valence-electron chi connectivity index (χ2n) is 4.72. The minimum atomic E-state index is 0.00546. The van der Waals surface area contributed by atoms with Crippen LogP contribution >= 0.6 is 0 Å². The topological polar surface area (TPSA) is 115 Å². The number of aromatic nitrogens is 1. The fourth-order valence-electron chi connectivity index (χ4n) is 2.54. The number of pyridine rings is 1. The monoisotopic (exact) mass is 267 g/mol. The van der Waals surface area contributed by atoms with Crippen molar-refractivity contribution in [3.05, 3.63) is 16.7 Å². The summed E-state index contributed by atoms with van der Waals surface area (Å²) in [6.45, 7) is 1.70. The largest absolute Gasteiger partial charge is 0.318 e. The fraction of sp³-hybridized carbons (Fsp3) is 0.429. The SMILES string of the molecule is N#CCc1c(C#N)c(N)[nH+]c(N2CCCCC2)c1C#N. The Balaban J connectivity index is 2.61. The molecule has 1 aliphatic heterocycles. The van der Waals surface area contributed by atoms with Crippen LogP contribution in [0.15, 0.2) is 0 Å². The zero-order chi connectivity index (χ0) is 14.5. The van der Waals surface area contributed by atoms with Crippen LogP contribution in [0.5, 0.6) is 0 Å². The van der Waals surface area contributed by atoms with Gasteiger partial charge in [-0.25, -0.2) is 4.98 Å². The molecule has 0 aromatic carbocycles.